The van der Waals surface area contributed by atoms with Crippen molar-refractivity contribution in [3.8, 4) is 0 Å². The Balaban J connectivity index is 2.53. The molecule has 0 saturated heterocycles. The molecule has 0 spiro atoms. The lowest BCUT2D eigenvalue weighted by molar-refractivity contribution is 0.304. The van der Waals surface area contributed by atoms with Crippen LogP contribution in [0.4, 0.5) is 5.00 Å². The molecular formula is C6H5NOS. The Morgan fingerprint density at radius 2 is 2.67 bits per heavy atom. The molecule has 3 heteroatoms. The third kappa shape index (κ3) is 0.733. The zero-order valence-electron chi connectivity index (χ0n) is 4.70. The number of thiophene rings is 1. The summed E-state index contributed by atoms with van der Waals surface area (Å²) < 4.78 is 4.97. The van der Waals surface area contributed by atoms with Crippen molar-refractivity contribution in [2.45, 2.75) is 6.61 Å². The van der Waals surface area contributed by atoms with Gasteiger partial charge in [0.2, 0.25) is 0 Å². The fourth-order valence-electron chi connectivity index (χ4n) is 0.763. The van der Waals surface area contributed by atoms with Crippen molar-refractivity contribution >= 4 is 22.7 Å². The summed E-state index contributed by atoms with van der Waals surface area (Å²) in [5, 5.41) is 3.11. The first-order chi connectivity index (χ1) is 4.47. The molecule has 1 aliphatic heterocycles. The van der Waals surface area contributed by atoms with E-state index in [0.29, 0.717) is 6.61 Å². The van der Waals surface area contributed by atoms with Crippen molar-refractivity contribution in [3.63, 3.8) is 0 Å². The molecule has 0 aliphatic carbocycles. The van der Waals surface area contributed by atoms with Crippen LogP contribution in [0.5, 0.6) is 0 Å². The van der Waals surface area contributed by atoms with Crippen molar-refractivity contribution in [3.05, 3.63) is 17.0 Å². The number of hydrogen-bond acceptors (Lipinski definition) is 3. The average Bonchev–Trinajstić information content (AvgIpc) is 2.33. The van der Waals surface area contributed by atoms with Gasteiger partial charge in [-0.05, 0) is 11.4 Å². The van der Waals surface area contributed by atoms with Gasteiger partial charge in [-0.2, -0.15) is 0 Å². The topological polar surface area (TPSA) is 21.6 Å². The number of nitrogens with zero attached hydrogens (tertiary/aromatic N) is 1. The van der Waals surface area contributed by atoms with E-state index in [1.807, 2.05) is 11.4 Å². The van der Waals surface area contributed by atoms with Gasteiger partial charge in [-0.15, -0.1) is 11.3 Å². The third-order valence-electron chi connectivity index (χ3n) is 1.21. The normalized spacial score (nSPS) is 14.7. The average molecular weight is 139 g/mol. The first-order valence-electron chi connectivity index (χ1n) is 2.67. The minimum atomic E-state index is 0.683. The predicted octanol–water partition coefficient (Wildman–Crippen LogP) is 1.94. The molecule has 0 bridgehead atoms. The summed E-state index contributed by atoms with van der Waals surface area (Å²) in [6.07, 6.45) is 1.50. The number of rotatable bonds is 0. The Labute approximate surface area is 56.8 Å². The summed E-state index contributed by atoms with van der Waals surface area (Å²) in [6.45, 7) is 0.683. The van der Waals surface area contributed by atoms with Crippen LogP contribution < -0.4 is 0 Å². The largest absolute Gasteiger partial charge is 0.478 e. The highest BCUT2D eigenvalue weighted by Gasteiger charge is 2.05. The van der Waals surface area contributed by atoms with E-state index in [2.05, 4.69) is 4.99 Å². The zero-order valence-corrected chi connectivity index (χ0v) is 5.52. The van der Waals surface area contributed by atoms with Crippen LogP contribution in [0.3, 0.4) is 0 Å². The molecule has 0 saturated carbocycles. The first kappa shape index (κ1) is 4.99. The van der Waals surface area contributed by atoms with Crippen LogP contribution in [0.2, 0.25) is 0 Å². The lowest BCUT2D eigenvalue weighted by Crippen LogP contribution is -1.92. The summed E-state index contributed by atoms with van der Waals surface area (Å²) >= 11 is 1.65. The number of hydrogen-bond donors (Lipinski definition) is 0. The van der Waals surface area contributed by atoms with Crippen LogP contribution in [-0.2, 0) is 11.3 Å². The first-order valence-corrected chi connectivity index (χ1v) is 3.55. The molecule has 46 valence electrons. The second-order valence-electron chi connectivity index (χ2n) is 1.80. The van der Waals surface area contributed by atoms with Crippen LogP contribution in [0.25, 0.3) is 0 Å². The summed E-state index contributed by atoms with van der Waals surface area (Å²) in [6, 6.07) is 2.04. The lowest BCUT2D eigenvalue weighted by atomic mass is 10.3. The van der Waals surface area contributed by atoms with Gasteiger partial charge >= 0.3 is 0 Å². The summed E-state index contributed by atoms with van der Waals surface area (Å²) in [5.74, 6) is 0. The summed E-state index contributed by atoms with van der Waals surface area (Å²) in [7, 11) is 0. The molecule has 0 radical (unpaired) electrons. The van der Waals surface area contributed by atoms with E-state index in [-0.39, 0.29) is 0 Å². The molecule has 2 heterocycles. The Hall–Kier alpha value is -0.830. The zero-order chi connectivity index (χ0) is 6.10. The SMILES string of the molecule is C1=Nc2sccc2CO1. The number of aliphatic imine (C=N–C) groups is 1. The third-order valence-corrected chi connectivity index (χ3v) is 2.07. The van der Waals surface area contributed by atoms with Gasteiger partial charge in [0.25, 0.3) is 0 Å². The molecule has 0 amide bonds. The van der Waals surface area contributed by atoms with E-state index >= 15 is 0 Å². The van der Waals surface area contributed by atoms with Crippen molar-refractivity contribution < 1.29 is 4.74 Å². The molecule has 0 N–H and O–H groups in total. The van der Waals surface area contributed by atoms with E-state index in [9.17, 15) is 0 Å². The Morgan fingerprint density at radius 1 is 1.67 bits per heavy atom. The fourth-order valence-corrected chi connectivity index (χ4v) is 1.51. The molecule has 0 aromatic carbocycles. The van der Waals surface area contributed by atoms with Gasteiger partial charge < -0.3 is 4.74 Å². The lowest BCUT2D eigenvalue weighted by Gasteiger charge is -2.03. The molecule has 2 nitrogen and oxygen atoms in total. The maximum Gasteiger partial charge on any atom is 0.175 e. The predicted molar refractivity (Wildman–Crippen MR) is 37.3 cm³/mol. The van der Waals surface area contributed by atoms with Gasteiger partial charge in [0, 0.05) is 5.56 Å². The molecule has 1 aromatic rings. The molecule has 2 rings (SSSR count). The molecule has 0 unspecified atom stereocenters. The minimum Gasteiger partial charge on any atom is -0.478 e. The maximum absolute atomic E-state index is 4.97. The van der Waals surface area contributed by atoms with Crippen LogP contribution in [0.1, 0.15) is 5.56 Å². The van der Waals surface area contributed by atoms with Crippen LogP contribution >= 0.6 is 11.3 Å². The molecule has 1 aromatic heterocycles. The fraction of sp³-hybridized carbons (Fsp3) is 0.167. The van der Waals surface area contributed by atoms with Gasteiger partial charge in [-0.1, -0.05) is 0 Å². The summed E-state index contributed by atoms with van der Waals surface area (Å²) in [4.78, 5) is 4.02. The van der Waals surface area contributed by atoms with Crippen LogP contribution in [0.15, 0.2) is 16.4 Å². The number of ether oxygens (including phenoxy) is 1. The smallest absolute Gasteiger partial charge is 0.175 e. The monoisotopic (exact) mass is 139 g/mol. The highest BCUT2D eigenvalue weighted by atomic mass is 32.1. The van der Waals surface area contributed by atoms with Crippen molar-refractivity contribution in [1.29, 1.82) is 0 Å². The van der Waals surface area contributed by atoms with Crippen molar-refractivity contribution in [2.24, 2.45) is 4.99 Å². The van der Waals surface area contributed by atoms with Gasteiger partial charge in [-0.3, -0.25) is 0 Å². The molecule has 0 atom stereocenters. The van der Waals surface area contributed by atoms with Crippen molar-refractivity contribution in [1.82, 2.24) is 0 Å². The van der Waals surface area contributed by atoms with E-state index in [0.717, 1.165) is 5.00 Å². The number of fused-ring (bicyclic) bond motifs is 1. The standard InChI is InChI=1S/C6H5NOS/c1-2-9-6-5(1)3-8-4-7-6/h1-2,4H,3H2. The second-order valence-corrected chi connectivity index (χ2v) is 2.69. The van der Waals surface area contributed by atoms with Gasteiger partial charge in [-0.25, -0.2) is 4.99 Å². The highest BCUT2D eigenvalue weighted by molar-refractivity contribution is 7.14. The molecule has 9 heavy (non-hydrogen) atoms. The van der Waals surface area contributed by atoms with Gasteiger partial charge in [0.05, 0.1) is 0 Å². The van der Waals surface area contributed by atoms with Gasteiger partial charge in [0.15, 0.2) is 6.40 Å². The van der Waals surface area contributed by atoms with E-state index in [4.69, 9.17) is 4.74 Å². The molecular weight excluding hydrogens is 134 g/mol. The van der Waals surface area contributed by atoms with E-state index in [1.165, 1.54) is 12.0 Å². The quantitative estimate of drug-likeness (QED) is 0.538. The van der Waals surface area contributed by atoms with Crippen LogP contribution in [0, 0.1) is 0 Å². The Kier molecular flexibility index (Phi) is 1.02. The Morgan fingerprint density at radius 3 is 3.56 bits per heavy atom. The second kappa shape index (κ2) is 1.84. The molecule has 1 aliphatic rings. The van der Waals surface area contributed by atoms with Crippen LogP contribution in [-0.4, -0.2) is 6.40 Å². The summed E-state index contributed by atoms with van der Waals surface area (Å²) in [5.41, 5.74) is 1.20. The maximum atomic E-state index is 4.97. The van der Waals surface area contributed by atoms with Crippen molar-refractivity contribution in [2.75, 3.05) is 0 Å². The highest BCUT2D eigenvalue weighted by Crippen LogP contribution is 2.28. The van der Waals surface area contributed by atoms with E-state index < -0.39 is 0 Å². The van der Waals surface area contributed by atoms with Gasteiger partial charge in [0.1, 0.15) is 11.6 Å². The molecule has 0 fully saturated rings. The Bertz CT molecular complexity index is 241. The van der Waals surface area contributed by atoms with E-state index in [1.54, 1.807) is 11.3 Å². The minimum absolute atomic E-state index is 0.683.